The van der Waals surface area contributed by atoms with Crippen molar-refractivity contribution in [3.8, 4) is 0 Å². The quantitative estimate of drug-likeness (QED) is 0.382. The van der Waals surface area contributed by atoms with Gasteiger partial charge in [0.15, 0.2) is 0 Å². The first-order valence-corrected chi connectivity index (χ1v) is 8.74. The SMILES string of the molecule is O=C(CCCC(=O)Nc1ccc(I)cc1)NN=Cc1ccc(F)cc1. The van der Waals surface area contributed by atoms with Crippen molar-refractivity contribution >= 4 is 46.3 Å². The Morgan fingerprint density at radius 2 is 1.64 bits per heavy atom. The first-order chi connectivity index (χ1) is 12.0. The second-order valence-electron chi connectivity index (χ2n) is 5.25. The van der Waals surface area contributed by atoms with E-state index < -0.39 is 0 Å². The van der Waals surface area contributed by atoms with Crippen molar-refractivity contribution in [2.75, 3.05) is 5.32 Å². The van der Waals surface area contributed by atoms with Gasteiger partial charge in [0.05, 0.1) is 6.21 Å². The second kappa shape index (κ2) is 9.87. The summed E-state index contributed by atoms with van der Waals surface area (Å²) in [5, 5.41) is 6.57. The van der Waals surface area contributed by atoms with E-state index in [1.807, 2.05) is 24.3 Å². The molecule has 0 unspecified atom stereocenters. The lowest BCUT2D eigenvalue weighted by molar-refractivity contribution is -0.121. The molecule has 0 heterocycles. The van der Waals surface area contributed by atoms with E-state index in [0.29, 0.717) is 12.0 Å². The standard InChI is InChI=1S/C18H17FIN3O2/c19-14-6-4-13(5-7-14)12-21-23-18(25)3-1-2-17(24)22-16-10-8-15(20)9-11-16/h4-12H,1-3H2,(H,22,24)(H,23,25). The molecule has 25 heavy (non-hydrogen) atoms. The van der Waals surface area contributed by atoms with Gasteiger partial charge >= 0.3 is 0 Å². The molecule has 2 amide bonds. The number of nitrogens with zero attached hydrogens (tertiary/aromatic N) is 1. The van der Waals surface area contributed by atoms with Gasteiger partial charge in [-0.2, -0.15) is 5.10 Å². The number of amides is 2. The highest BCUT2D eigenvalue weighted by molar-refractivity contribution is 14.1. The molecule has 0 radical (unpaired) electrons. The maximum absolute atomic E-state index is 12.7. The predicted octanol–water partition coefficient (Wildman–Crippen LogP) is 3.69. The molecular formula is C18H17FIN3O2. The molecule has 0 bridgehead atoms. The Bertz CT molecular complexity index is 746. The van der Waals surface area contributed by atoms with Crippen molar-refractivity contribution in [2.45, 2.75) is 19.3 Å². The van der Waals surface area contributed by atoms with Gasteiger partial charge in [0.1, 0.15) is 5.82 Å². The maximum atomic E-state index is 12.7. The van der Waals surface area contributed by atoms with Crippen molar-refractivity contribution in [3.05, 3.63) is 63.5 Å². The predicted molar refractivity (Wildman–Crippen MR) is 104 cm³/mol. The summed E-state index contributed by atoms with van der Waals surface area (Å²) in [4.78, 5) is 23.4. The van der Waals surface area contributed by atoms with E-state index in [4.69, 9.17) is 0 Å². The minimum Gasteiger partial charge on any atom is -0.326 e. The van der Waals surface area contributed by atoms with Gasteiger partial charge in [0.2, 0.25) is 11.8 Å². The number of hydrogen-bond donors (Lipinski definition) is 2. The molecule has 2 rings (SSSR count). The van der Waals surface area contributed by atoms with Crippen LogP contribution in [0.25, 0.3) is 0 Å². The van der Waals surface area contributed by atoms with Crippen LogP contribution in [0.2, 0.25) is 0 Å². The smallest absolute Gasteiger partial charge is 0.240 e. The molecular weight excluding hydrogens is 436 g/mol. The van der Waals surface area contributed by atoms with Crippen molar-refractivity contribution < 1.29 is 14.0 Å². The summed E-state index contributed by atoms with van der Waals surface area (Å²) in [6.45, 7) is 0. The summed E-state index contributed by atoms with van der Waals surface area (Å²) < 4.78 is 13.8. The van der Waals surface area contributed by atoms with Crippen molar-refractivity contribution in [2.24, 2.45) is 5.10 Å². The average Bonchev–Trinajstić information content (AvgIpc) is 2.59. The lowest BCUT2D eigenvalue weighted by Crippen LogP contribution is -2.18. The van der Waals surface area contributed by atoms with Gasteiger partial charge in [0, 0.05) is 22.1 Å². The van der Waals surface area contributed by atoms with Crippen molar-refractivity contribution in [1.82, 2.24) is 5.43 Å². The Balaban J connectivity index is 1.65. The fourth-order valence-corrected chi connectivity index (χ4v) is 2.31. The Hall–Kier alpha value is -2.29. The van der Waals surface area contributed by atoms with E-state index >= 15 is 0 Å². The fraction of sp³-hybridized carbons (Fsp3) is 0.167. The summed E-state index contributed by atoms with van der Waals surface area (Å²) in [5.41, 5.74) is 3.79. The first-order valence-electron chi connectivity index (χ1n) is 7.66. The highest BCUT2D eigenvalue weighted by Crippen LogP contribution is 2.11. The normalized spacial score (nSPS) is 10.6. The topological polar surface area (TPSA) is 70.6 Å². The summed E-state index contributed by atoms with van der Waals surface area (Å²) >= 11 is 2.19. The summed E-state index contributed by atoms with van der Waals surface area (Å²) in [7, 11) is 0. The minimum absolute atomic E-state index is 0.135. The molecule has 0 fully saturated rings. The van der Waals surface area contributed by atoms with Crippen LogP contribution >= 0.6 is 22.6 Å². The van der Waals surface area contributed by atoms with E-state index in [1.165, 1.54) is 18.3 Å². The number of halogens is 2. The van der Waals surface area contributed by atoms with Crippen LogP contribution < -0.4 is 10.7 Å². The third-order valence-corrected chi connectivity index (χ3v) is 3.93. The third kappa shape index (κ3) is 7.42. The molecule has 0 atom stereocenters. The van der Waals surface area contributed by atoms with Gasteiger partial charge in [-0.25, -0.2) is 9.82 Å². The molecule has 0 aromatic heterocycles. The van der Waals surface area contributed by atoms with Crippen LogP contribution in [0.4, 0.5) is 10.1 Å². The number of nitrogens with one attached hydrogen (secondary N) is 2. The highest BCUT2D eigenvalue weighted by Gasteiger charge is 2.05. The van der Waals surface area contributed by atoms with Crippen LogP contribution in [-0.2, 0) is 9.59 Å². The number of carbonyl (C=O) groups excluding carboxylic acids is 2. The van der Waals surface area contributed by atoms with Crippen molar-refractivity contribution in [1.29, 1.82) is 0 Å². The molecule has 0 saturated carbocycles. The number of benzene rings is 2. The fourth-order valence-electron chi connectivity index (χ4n) is 1.95. The minimum atomic E-state index is -0.329. The van der Waals surface area contributed by atoms with Gasteiger partial charge in [-0.1, -0.05) is 12.1 Å². The third-order valence-electron chi connectivity index (χ3n) is 3.21. The summed E-state index contributed by atoms with van der Waals surface area (Å²) in [6, 6.07) is 13.2. The summed E-state index contributed by atoms with van der Waals surface area (Å²) in [6.07, 6.45) is 2.30. The molecule has 5 nitrogen and oxygen atoms in total. The Labute approximate surface area is 158 Å². The van der Waals surface area contributed by atoms with Crippen molar-refractivity contribution in [3.63, 3.8) is 0 Å². The molecule has 0 aliphatic rings. The molecule has 0 aliphatic heterocycles. The first kappa shape index (κ1) is 19.0. The molecule has 2 N–H and O–H groups in total. The zero-order chi connectivity index (χ0) is 18.1. The molecule has 2 aromatic carbocycles. The number of carbonyl (C=O) groups is 2. The van der Waals surface area contributed by atoms with Crippen LogP contribution in [0.15, 0.2) is 53.6 Å². The number of anilines is 1. The molecule has 2 aromatic rings. The average molecular weight is 453 g/mol. The molecule has 0 spiro atoms. The van der Waals surface area contributed by atoms with E-state index in [-0.39, 0.29) is 30.5 Å². The number of rotatable bonds is 7. The summed E-state index contributed by atoms with van der Waals surface area (Å²) in [5.74, 6) is -0.742. The van der Waals surface area contributed by atoms with Gasteiger partial charge < -0.3 is 5.32 Å². The van der Waals surface area contributed by atoms with E-state index in [1.54, 1.807) is 12.1 Å². The van der Waals surface area contributed by atoms with Crippen LogP contribution in [0.3, 0.4) is 0 Å². The Morgan fingerprint density at radius 1 is 1.00 bits per heavy atom. The van der Waals surface area contributed by atoms with E-state index in [9.17, 15) is 14.0 Å². The molecule has 0 aliphatic carbocycles. The Kier molecular flexibility index (Phi) is 7.52. The lowest BCUT2D eigenvalue weighted by atomic mass is 10.2. The number of hydrogen-bond acceptors (Lipinski definition) is 3. The van der Waals surface area contributed by atoms with Gasteiger partial charge in [-0.3, -0.25) is 9.59 Å². The number of hydrazone groups is 1. The molecule has 7 heteroatoms. The van der Waals surface area contributed by atoms with Crippen LogP contribution in [0, 0.1) is 9.39 Å². The van der Waals surface area contributed by atoms with E-state index in [2.05, 4.69) is 38.4 Å². The zero-order valence-corrected chi connectivity index (χ0v) is 15.5. The van der Waals surface area contributed by atoms with Gasteiger partial charge in [-0.05, 0) is 71.0 Å². The van der Waals surface area contributed by atoms with E-state index in [0.717, 1.165) is 9.26 Å². The largest absolute Gasteiger partial charge is 0.326 e. The van der Waals surface area contributed by atoms with Gasteiger partial charge in [0.25, 0.3) is 0 Å². The lowest BCUT2D eigenvalue weighted by Gasteiger charge is -2.05. The second-order valence-corrected chi connectivity index (χ2v) is 6.50. The van der Waals surface area contributed by atoms with Crippen LogP contribution in [-0.4, -0.2) is 18.0 Å². The maximum Gasteiger partial charge on any atom is 0.240 e. The highest BCUT2D eigenvalue weighted by atomic mass is 127. The van der Waals surface area contributed by atoms with Gasteiger partial charge in [-0.15, -0.1) is 0 Å². The van der Waals surface area contributed by atoms with Crippen LogP contribution in [0.5, 0.6) is 0 Å². The monoisotopic (exact) mass is 453 g/mol. The Morgan fingerprint density at radius 3 is 2.32 bits per heavy atom. The zero-order valence-electron chi connectivity index (χ0n) is 13.3. The van der Waals surface area contributed by atoms with Crippen LogP contribution in [0.1, 0.15) is 24.8 Å². The molecule has 0 saturated heterocycles. The molecule has 130 valence electrons.